The van der Waals surface area contributed by atoms with Gasteiger partial charge in [-0.2, -0.15) is 0 Å². The summed E-state index contributed by atoms with van der Waals surface area (Å²) in [5.74, 6) is -0.474. The van der Waals surface area contributed by atoms with Crippen molar-refractivity contribution in [1.29, 1.82) is 0 Å². The van der Waals surface area contributed by atoms with E-state index in [1.165, 1.54) is 12.1 Å². The van der Waals surface area contributed by atoms with E-state index in [-0.39, 0.29) is 23.2 Å². The van der Waals surface area contributed by atoms with E-state index in [1.54, 1.807) is 28.9 Å². The predicted molar refractivity (Wildman–Crippen MR) is 139 cm³/mol. The summed E-state index contributed by atoms with van der Waals surface area (Å²) in [5.41, 5.74) is 11.7. The van der Waals surface area contributed by atoms with Crippen molar-refractivity contribution in [3.05, 3.63) is 78.0 Å². The number of likely N-dealkylation sites (N-methyl/N-ethyl adjacent to an activating group) is 1. The molecule has 0 spiro atoms. The number of rotatable bonds is 6. The minimum atomic E-state index is -0.346. The molecule has 0 atom stereocenters. The van der Waals surface area contributed by atoms with Crippen LogP contribution in [-0.2, 0) is 0 Å². The zero-order valence-electron chi connectivity index (χ0n) is 20.3. The fourth-order valence-corrected chi connectivity index (χ4v) is 4.18. The molecule has 0 aliphatic carbocycles. The number of aromatic nitrogens is 4. The van der Waals surface area contributed by atoms with Gasteiger partial charge in [-0.3, -0.25) is 14.2 Å². The van der Waals surface area contributed by atoms with Crippen molar-refractivity contribution in [1.82, 2.24) is 29.6 Å². The Hall–Kier alpha value is -4.37. The lowest BCUT2D eigenvalue weighted by atomic mass is 10.0. The normalized spacial score (nSPS) is 11.5. The molecule has 0 saturated carbocycles. The van der Waals surface area contributed by atoms with Gasteiger partial charge >= 0.3 is 0 Å². The molecular formula is C27H26FN7O. The molecule has 2 aromatic carbocycles. The third-order valence-corrected chi connectivity index (χ3v) is 6.06. The minimum Gasteiger partial charge on any atom is -0.381 e. The average Bonchev–Trinajstić information content (AvgIpc) is 3.31. The number of hydrogen-bond donors (Lipinski definition) is 2. The van der Waals surface area contributed by atoms with Gasteiger partial charge in [-0.05, 0) is 69.0 Å². The van der Waals surface area contributed by atoms with Crippen LogP contribution in [0.4, 0.5) is 10.2 Å². The Kier molecular flexibility index (Phi) is 6.07. The van der Waals surface area contributed by atoms with Gasteiger partial charge in [-0.15, -0.1) is 0 Å². The zero-order valence-corrected chi connectivity index (χ0v) is 20.3. The first kappa shape index (κ1) is 23.4. The number of nitrogens with one attached hydrogen (secondary N) is 1. The average molecular weight is 484 g/mol. The highest BCUT2D eigenvalue weighted by Crippen LogP contribution is 2.35. The summed E-state index contributed by atoms with van der Waals surface area (Å²) in [6.07, 6.45) is 3.45. The number of imidazole rings is 1. The number of benzene rings is 2. The molecule has 0 unspecified atom stereocenters. The largest absolute Gasteiger partial charge is 0.381 e. The number of carbonyl (C=O) groups is 1. The smallest absolute Gasteiger partial charge is 0.271 e. The van der Waals surface area contributed by atoms with Gasteiger partial charge in [-0.25, -0.2) is 14.4 Å². The lowest BCUT2D eigenvalue weighted by Crippen LogP contribution is -2.31. The lowest BCUT2D eigenvalue weighted by Gasteiger charge is -2.14. The van der Waals surface area contributed by atoms with Crippen LogP contribution in [0.1, 0.15) is 16.1 Å². The van der Waals surface area contributed by atoms with Crippen molar-refractivity contribution >= 4 is 28.3 Å². The van der Waals surface area contributed by atoms with Crippen LogP contribution in [-0.4, -0.2) is 57.3 Å². The van der Waals surface area contributed by atoms with Gasteiger partial charge in [0.25, 0.3) is 5.91 Å². The first-order chi connectivity index (χ1) is 17.3. The number of fused-ring (bicyclic) bond motifs is 2. The van der Waals surface area contributed by atoms with Crippen LogP contribution in [0.25, 0.3) is 39.1 Å². The van der Waals surface area contributed by atoms with Gasteiger partial charge < -0.3 is 16.0 Å². The summed E-state index contributed by atoms with van der Waals surface area (Å²) in [6.45, 7) is 3.21. The Morgan fingerprint density at radius 2 is 1.83 bits per heavy atom. The van der Waals surface area contributed by atoms with Crippen LogP contribution >= 0.6 is 0 Å². The molecule has 3 heterocycles. The fourth-order valence-electron chi connectivity index (χ4n) is 4.18. The van der Waals surface area contributed by atoms with E-state index in [2.05, 4.69) is 20.3 Å². The van der Waals surface area contributed by atoms with E-state index in [4.69, 9.17) is 5.73 Å². The van der Waals surface area contributed by atoms with Crippen molar-refractivity contribution < 1.29 is 9.18 Å². The second-order valence-corrected chi connectivity index (χ2v) is 8.94. The van der Waals surface area contributed by atoms with E-state index in [9.17, 15) is 9.18 Å². The van der Waals surface area contributed by atoms with Gasteiger partial charge in [-0.1, -0.05) is 6.07 Å². The Labute approximate surface area is 207 Å². The van der Waals surface area contributed by atoms with Gasteiger partial charge in [0.1, 0.15) is 11.5 Å². The zero-order chi connectivity index (χ0) is 25.4. The summed E-state index contributed by atoms with van der Waals surface area (Å²) in [6, 6.07) is 14.0. The number of hydrogen-bond acceptors (Lipinski definition) is 6. The summed E-state index contributed by atoms with van der Waals surface area (Å²) in [7, 11) is 3.88. The standard InChI is InChI=1S/C27H26FN7O/c1-16-10-11-30-21-9-6-18(14-20(16)21)24-23(17-4-7-19(28)8-5-17)33-25(29)26-32-22(15-35(24)26)27(36)31-12-13-34(2)3/h4-11,14-15H,12-13H2,1-3H3,(H2,29,33)(H,31,36). The maximum atomic E-state index is 13.7. The molecule has 5 rings (SSSR count). The van der Waals surface area contributed by atoms with Crippen LogP contribution in [0.3, 0.4) is 0 Å². The summed E-state index contributed by atoms with van der Waals surface area (Å²) in [5, 5.41) is 3.88. The Morgan fingerprint density at radius 3 is 2.58 bits per heavy atom. The number of carbonyl (C=O) groups excluding carboxylic acids is 1. The van der Waals surface area contributed by atoms with Crippen molar-refractivity contribution in [2.24, 2.45) is 0 Å². The number of aryl methyl sites for hydroxylation is 1. The third-order valence-electron chi connectivity index (χ3n) is 6.06. The molecule has 8 nitrogen and oxygen atoms in total. The van der Waals surface area contributed by atoms with Gasteiger partial charge in [0.15, 0.2) is 11.5 Å². The van der Waals surface area contributed by atoms with E-state index < -0.39 is 0 Å². The molecule has 0 saturated heterocycles. The second kappa shape index (κ2) is 9.35. The van der Waals surface area contributed by atoms with Gasteiger partial charge in [0.05, 0.1) is 16.9 Å². The van der Waals surface area contributed by atoms with Crippen LogP contribution in [0, 0.1) is 12.7 Å². The van der Waals surface area contributed by atoms with Crippen molar-refractivity contribution in [2.45, 2.75) is 6.92 Å². The first-order valence-corrected chi connectivity index (χ1v) is 11.5. The monoisotopic (exact) mass is 483 g/mol. The van der Waals surface area contributed by atoms with Crippen molar-refractivity contribution in [3.63, 3.8) is 0 Å². The number of pyridine rings is 1. The van der Waals surface area contributed by atoms with Crippen molar-refractivity contribution in [3.8, 4) is 22.5 Å². The van der Waals surface area contributed by atoms with E-state index in [0.717, 1.165) is 22.0 Å². The maximum Gasteiger partial charge on any atom is 0.271 e. The number of amides is 1. The topological polar surface area (TPSA) is 101 Å². The molecule has 0 fully saturated rings. The molecule has 3 aromatic heterocycles. The molecule has 3 N–H and O–H groups in total. The van der Waals surface area contributed by atoms with Crippen LogP contribution in [0.5, 0.6) is 0 Å². The number of nitrogens with zero attached hydrogens (tertiary/aromatic N) is 5. The highest BCUT2D eigenvalue weighted by Gasteiger charge is 2.21. The summed E-state index contributed by atoms with van der Waals surface area (Å²) < 4.78 is 15.5. The molecule has 9 heteroatoms. The third kappa shape index (κ3) is 4.36. The molecular weight excluding hydrogens is 457 g/mol. The van der Waals surface area contributed by atoms with Crippen molar-refractivity contribution in [2.75, 3.05) is 32.9 Å². The van der Waals surface area contributed by atoms with Crippen LogP contribution in [0.2, 0.25) is 0 Å². The number of nitrogen functional groups attached to an aromatic ring is 1. The Balaban J connectivity index is 1.73. The molecule has 5 aromatic rings. The molecule has 0 radical (unpaired) electrons. The second-order valence-electron chi connectivity index (χ2n) is 8.94. The molecule has 0 aliphatic rings. The Morgan fingerprint density at radius 1 is 1.08 bits per heavy atom. The summed E-state index contributed by atoms with van der Waals surface area (Å²) in [4.78, 5) is 28.4. The SMILES string of the molecule is Cc1ccnc2ccc(-c3c(-c4ccc(F)cc4)nc(N)c4nc(C(=O)NCCN(C)C)cn34)cc12. The molecule has 0 aliphatic heterocycles. The highest BCUT2D eigenvalue weighted by molar-refractivity contribution is 5.95. The van der Waals surface area contributed by atoms with E-state index in [1.807, 2.05) is 50.2 Å². The number of nitrogens with two attached hydrogens (primary N) is 1. The molecule has 182 valence electrons. The minimum absolute atomic E-state index is 0.170. The van der Waals surface area contributed by atoms with E-state index >= 15 is 0 Å². The fraction of sp³-hybridized carbons (Fsp3) is 0.185. The number of halogens is 1. The molecule has 36 heavy (non-hydrogen) atoms. The van der Waals surface area contributed by atoms with Crippen LogP contribution < -0.4 is 11.1 Å². The highest BCUT2D eigenvalue weighted by atomic mass is 19.1. The van der Waals surface area contributed by atoms with Gasteiger partial charge in [0.2, 0.25) is 0 Å². The Bertz CT molecular complexity index is 1590. The molecule has 1 amide bonds. The van der Waals surface area contributed by atoms with E-state index in [0.29, 0.717) is 35.7 Å². The van der Waals surface area contributed by atoms with Gasteiger partial charge in [0, 0.05) is 42.0 Å². The maximum absolute atomic E-state index is 13.7. The predicted octanol–water partition coefficient (Wildman–Crippen LogP) is 3.93. The number of anilines is 1. The molecule has 0 bridgehead atoms. The quantitative estimate of drug-likeness (QED) is 0.380. The lowest BCUT2D eigenvalue weighted by molar-refractivity contribution is 0.0946. The van der Waals surface area contributed by atoms with Crippen LogP contribution in [0.15, 0.2) is 60.9 Å². The summed E-state index contributed by atoms with van der Waals surface area (Å²) >= 11 is 0. The first-order valence-electron chi connectivity index (χ1n) is 11.5.